The van der Waals surface area contributed by atoms with E-state index >= 15 is 0 Å². The van der Waals surface area contributed by atoms with Crippen LogP contribution in [0.4, 0.5) is 5.69 Å². The van der Waals surface area contributed by atoms with Crippen molar-refractivity contribution in [3.05, 3.63) is 59.2 Å². The molecule has 3 N–H and O–H groups in total. The number of carbonyl (C=O) groups excluding carboxylic acids is 1. The van der Waals surface area contributed by atoms with Gasteiger partial charge in [-0.1, -0.05) is 23.8 Å². The first kappa shape index (κ1) is 15.2. The lowest BCUT2D eigenvalue weighted by Gasteiger charge is -2.08. The van der Waals surface area contributed by atoms with Crippen LogP contribution in [0.2, 0.25) is 0 Å². The Labute approximate surface area is 123 Å². The Morgan fingerprint density at radius 1 is 1.05 bits per heavy atom. The summed E-state index contributed by atoms with van der Waals surface area (Å²) in [6.07, 6.45) is 0. The highest BCUT2D eigenvalue weighted by Crippen LogP contribution is 2.17. The first-order chi connectivity index (χ1) is 9.77. The summed E-state index contributed by atoms with van der Waals surface area (Å²) in [5.41, 5.74) is 2.47. The number of benzene rings is 2. The standard InChI is InChI=1S/C15H16N2O3S/c1-10-3-7-13(8-4-10)17-15(18)12-6-5-11(2)14(9-12)21(16,19)20/h3-9H,1-2H3,(H,17,18)(H2,16,19,20). The Kier molecular flexibility index (Phi) is 4.11. The van der Waals surface area contributed by atoms with Crippen LogP contribution in [0, 0.1) is 13.8 Å². The molecule has 0 saturated carbocycles. The van der Waals surface area contributed by atoms with E-state index in [9.17, 15) is 13.2 Å². The number of nitrogens with one attached hydrogen (secondary N) is 1. The minimum atomic E-state index is -3.85. The second kappa shape index (κ2) is 5.67. The van der Waals surface area contributed by atoms with Crippen LogP contribution in [0.3, 0.4) is 0 Å². The predicted molar refractivity (Wildman–Crippen MR) is 81.7 cm³/mol. The quantitative estimate of drug-likeness (QED) is 0.911. The Morgan fingerprint density at radius 2 is 1.67 bits per heavy atom. The smallest absolute Gasteiger partial charge is 0.255 e. The SMILES string of the molecule is Cc1ccc(NC(=O)c2ccc(C)c(S(N)(=O)=O)c2)cc1. The van der Waals surface area contributed by atoms with Gasteiger partial charge in [0.25, 0.3) is 5.91 Å². The number of rotatable bonds is 3. The molecule has 0 radical (unpaired) electrons. The molecule has 0 unspecified atom stereocenters. The molecule has 2 rings (SSSR count). The van der Waals surface area contributed by atoms with Gasteiger partial charge in [-0.15, -0.1) is 0 Å². The maximum atomic E-state index is 12.1. The van der Waals surface area contributed by atoms with Crippen molar-refractivity contribution in [3.8, 4) is 0 Å². The average molecular weight is 304 g/mol. The van der Waals surface area contributed by atoms with Crippen LogP contribution < -0.4 is 10.5 Å². The number of hydrogen-bond donors (Lipinski definition) is 2. The van der Waals surface area contributed by atoms with Crippen molar-refractivity contribution < 1.29 is 13.2 Å². The molecular formula is C15H16N2O3S. The van der Waals surface area contributed by atoms with E-state index in [2.05, 4.69) is 5.32 Å². The molecule has 5 nitrogen and oxygen atoms in total. The summed E-state index contributed by atoms with van der Waals surface area (Å²) in [5.74, 6) is -0.385. The third kappa shape index (κ3) is 3.68. The molecule has 0 bridgehead atoms. The lowest BCUT2D eigenvalue weighted by molar-refractivity contribution is 0.102. The molecule has 2 aromatic rings. The third-order valence-electron chi connectivity index (χ3n) is 3.07. The molecule has 0 aromatic heterocycles. The van der Waals surface area contributed by atoms with Gasteiger partial charge in [-0.25, -0.2) is 13.6 Å². The Bertz CT molecular complexity index is 781. The van der Waals surface area contributed by atoms with Crippen molar-refractivity contribution in [1.82, 2.24) is 0 Å². The van der Waals surface area contributed by atoms with Crippen LogP contribution in [-0.4, -0.2) is 14.3 Å². The van der Waals surface area contributed by atoms with E-state index in [1.165, 1.54) is 6.07 Å². The summed E-state index contributed by atoms with van der Waals surface area (Å²) in [4.78, 5) is 12.1. The fraction of sp³-hybridized carbons (Fsp3) is 0.133. The van der Waals surface area contributed by atoms with Gasteiger partial charge in [0.15, 0.2) is 0 Å². The average Bonchev–Trinajstić information content (AvgIpc) is 2.40. The normalized spacial score (nSPS) is 11.2. The summed E-state index contributed by atoms with van der Waals surface area (Å²) in [6, 6.07) is 11.7. The molecule has 0 heterocycles. The van der Waals surface area contributed by atoms with Gasteiger partial charge in [-0.3, -0.25) is 4.79 Å². The van der Waals surface area contributed by atoms with Crippen LogP contribution in [-0.2, 0) is 10.0 Å². The zero-order valence-corrected chi connectivity index (χ0v) is 12.6. The van der Waals surface area contributed by atoms with Crippen LogP contribution >= 0.6 is 0 Å². The molecular weight excluding hydrogens is 288 g/mol. The van der Waals surface area contributed by atoms with Crippen molar-refractivity contribution in [2.24, 2.45) is 5.14 Å². The monoisotopic (exact) mass is 304 g/mol. The molecule has 21 heavy (non-hydrogen) atoms. The number of primary sulfonamides is 1. The van der Waals surface area contributed by atoms with E-state index in [1.807, 2.05) is 19.1 Å². The molecule has 0 aliphatic heterocycles. The molecule has 0 saturated heterocycles. The summed E-state index contributed by atoms with van der Waals surface area (Å²) in [7, 11) is -3.85. The van der Waals surface area contributed by atoms with E-state index in [4.69, 9.17) is 5.14 Å². The van der Waals surface area contributed by atoms with E-state index in [1.54, 1.807) is 31.2 Å². The molecule has 0 spiro atoms. The number of amides is 1. The maximum Gasteiger partial charge on any atom is 0.255 e. The fourth-order valence-corrected chi connectivity index (χ4v) is 2.70. The second-order valence-corrected chi connectivity index (χ2v) is 6.38. The van der Waals surface area contributed by atoms with Gasteiger partial charge >= 0.3 is 0 Å². The zero-order valence-electron chi connectivity index (χ0n) is 11.8. The lowest BCUT2D eigenvalue weighted by Crippen LogP contribution is -2.17. The maximum absolute atomic E-state index is 12.1. The van der Waals surface area contributed by atoms with Gasteiger partial charge in [0.1, 0.15) is 0 Å². The minimum absolute atomic E-state index is 0.0425. The number of carbonyl (C=O) groups is 1. The number of nitrogens with two attached hydrogens (primary N) is 1. The Hall–Kier alpha value is -2.18. The first-order valence-electron chi connectivity index (χ1n) is 6.29. The van der Waals surface area contributed by atoms with E-state index in [0.29, 0.717) is 11.3 Å². The van der Waals surface area contributed by atoms with Crippen molar-refractivity contribution in [3.63, 3.8) is 0 Å². The third-order valence-corrected chi connectivity index (χ3v) is 4.12. The molecule has 0 aliphatic rings. The molecule has 6 heteroatoms. The van der Waals surface area contributed by atoms with Crippen molar-refractivity contribution in [2.75, 3.05) is 5.32 Å². The molecule has 1 amide bonds. The molecule has 2 aromatic carbocycles. The number of sulfonamides is 1. The van der Waals surface area contributed by atoms with Gasteiger partial charge in [-0.05, 0) is 43.7 Å². The Morgan fingerprint density at radius 3 is 2.24 bits per heavy atom. The number of aryl methyl sites for hydroxylation is 2. The van der Waals surface area contributed by atoms with E-state index < -0.39 is 10.0 Å². The van der Waals surface area contributed by atoms with Crippen LogP contribution in [0.1, 0.15) is 21.5 Å². The van der Waals surface area contributed by atoms with E-state index in [0.717, 1.165) is 5.56 Å². The fourth-order valence-electron chi connectivity index (χ4n) is 1.89. The van der Waals surface area contributed by atoms with Gasteiger partial charge in [0.05, 0.1) is 4.90 Å². The summed E-state index contributed by atoms with van der Waals surface area (Å²) in [5, 5.41) is 7.85. The van der Waals surface area contributed by atoms with Gasteiger partial charge in [-0.2, -0.15) is 0 Å². The van der Waals surface area contributed by atoms with Crippen molar-refractivity contribution >= 4 is 21.6 Å². The first-order valence-corrected chi connectivity index (χ1v) is 7.83. The highest BCUT2D eigenvalue weighted by atomic mass is 32.2. The second-order valence-electron chi connectivity index (χ2n) is 4.85. The summed E-state index contributed by atoms with van der Waals surface area (Å²) < 4.78 is 22.9. The molecule has 0 fully saturated rings. The Balaban J connectivity index is 2.30. The highest BCUT2D eigenvalue weighted by molar-refractivity contribution is 7.89. The topological polar surface area (TPSA) is 89.3 Å². The zero-order chi connectivity index (χ0) is 15.6. The van der Waals surface area contributed by atoms with Gasteiger partial charge in [0, 0.05) is 11.3 Å². The number of hydrogen-bond acceptors (Lipinski definition) is 3. The van der Waals surface area contributed by atoms with Crippen molar-refractivity contribution in [2.45, 2.75) is 18.7 Å². The summed E-state index contributed by atoms with van der Waals surface area (Å²) >= 11 is 0. The van der Waals surface area contributed by atoms with Gasteiger partial charge < -0.3 is 5.32 Å². The minimum Gasteiger partial charge on any atom is -0.322 e. The van der Waals surface area contributed by atoms with Crippen LogP contribution in [0.15, 0.2) is 47.4 Å². The largest absolute Gasteiger partial charge is 0.322 e. The lowest BCUT2D eigenvalue weighted by atomic mass is 10.1. The van der Waals surface area contributed by atoms with Crippen LogP contribution in [0.25, 0.3) is 0 Å². The molecule has 0 aliphatic carbocycles. The molecule has 0 atom stereocenters. The van der Waals surface area contributed by atoms with Gasteiger partial charge in [0.2, 0.25) is 10.0 Å². The molecule has 110 valence electrons. The predicted octanol–water partition coefficient (Wildman–Crippen LogP) is 2.20. The van der Waals surface area contributed by atoms with E-state index in [-0.39, 0.29) is 16.4 Å². The number of anilines is 1. The summed E-state index contributed by atoms with van der Waals surface area (Å²) in [6.45, 7) is 3.57. The van der Waals surface area contributed by atoms with Crippen molar-refractivity contribution in [1.29, 1.82) is 0 Å². The highest BCUT2D eigenvalue weighted by Gasteiger charge is 2.15. The van der Waals surface area contributed by atoms with Crippen LogP contribution in [0.5, 0.6) is 0 Å².